The fourth-order valence-electron chi connectivity index (χ4n) is 4.41. The van der Waals surface area contributed by atoms with E-state index in [9.17, 15) is 4.79 Å². The smallest absolute Gasteiger partial charge is 0.185 e. The number of allylic oxidation sites excluding steroid dienone is 1. The van der Waals surface area contributed by atoms with Gasteiger partial charge in [-0.15, -0.1) is 5.10 Å². The van der Waals surface area contributed by atoms with E-state index in [2.05, 4.69) is 20.6 Å². The van der Waals surface area contributed by atoms with E-state index in [1.807, 2.05) is 36.5 Å². The number of nitrogens with zero attached hydrogens (tertiary/aromatic N) is 4. The van der Waals surface area contributed by atoms with Crippen LogP contribution in [0.5, 0.6) is 23.0 Å². The summed E-state index contributed by atoms with van der Waals surface area (Å²) in [4.78, 5) is 17.2. The number of benzene rings is 3. The minimum absolute atomic E-state index is 0.181. The number of pyridine rings is 1. The average molecular weight is 600 g/mol. The van der Waals surface area contributed by atoms with Crippen LogP contribution in [-0.4, -0.2) is 53.6 Å². The van der Waals surface area contributed by atoms with E-state index in [1.54, 1.807) is 61.5 Å². The highest BCUT2D eigenvalue weighted by Crippen LogP contribution is 2.30. The third kappa shape index (κ3) is 7.22. The van der Waals surface area contributed by atoms with Crippen LogP contribution >= 0.6 is 11.6 Å². The Morgan fingerprint density at radius 1 is 0.930 bits per heavy atom. The van der Waals surface area contributed by atoms with Crippen LogP contribution in [0.1, 0.15) is 21.6 Å². The molecule has 2 aromatic heterocycles. The van der Waals surface area contributed by atoms with Gasteiger partial charge < -0.3 is 24.3 Å². The van der Waals surface area contributed by atoms with E-state index < -0.39 is 0 Å². The maximum atomic E-state index is 12.8. The summed E-state index contributed by atoms with van der Waals surface area (Å²) in [7, 11) is 4.67. The van der Waals surface area contributed by atoms with Crippen molar-refractivity contribution in [1.82, 2.24) is 20.0 Å². The first-order chi connectivity index (χ1) is 21.0. The van der Waals surface area contributed by atoms with Crippen molar-refractivity contribution in [1.29, 1.82) is 0 Å². The van der Waals surface area contributed by atoms with Crippen molar-refractivity contribution < 1.29 is 23.7 Å². The molecular formula is C32H30ClN5O5. The predicted octanol–water partition coefficient (Wildman–Crippen LogP) is 6.09. The zero-order valence-corrected chi connectivity index (χ0v) is 24.7. The summed E-state index contributed by atoms with van der Waals surface area (Å²) in [6.07, 6.45) is 6.79. The van der Waals surface area contributed by atoms with Gasteiger partial charge in [0.1, 0.15) is 12.3 Å². The van der Waals surface area contributed by atoms with Crippen molar-refractivity contribution in [3.8, 4) is 23.0 Å². The summed E-state index contributed by atoms with van der Waals surface area (Å²) in [5, 5.41) is 13.5. The molecule has 0 atom stereocenters. The second-order valence-electron chi connectivity index (χ2n) is 9.39. The van der Waals surface area contributed by atoms with Gasteiger partial charge in [-0.25, -0.2) is 0 Å². The molecule has 0 aliphatic heterocycles. The Morgan fingerprint density at radius 2 is 1.72 bits per heavy atom. The first-order valence-electron chi connectivity index (χ1n) is 13.4. The molecule has 0 aliphatic carbocycles. The molecule has 0 amide bonds. The summed E-state index contributed by atoms with van der Waals surface area (Å²) < 4.78 is 23.8. The summed E-state index contributed by atoms with van der Waals surface area (Å²) in [5.41, 5.74) is 3.72. The number of carbonyl (C=O) groups excluding carboxylic acids is 1. The van der Waals surface area contributed by atoms with E-state index in [0.29, 0.717) is 52.4 Å². The van der Waals surface area contributed by atoms with Gasteiger partial charge >= 0.3 is 0 Å². The maximum Gasteiger partial charge on any atom is 0.185 e. The van der Waals surface area contributed by atoms with Gasteiger partial charge in [-0.3, -0.25) is 14.5 Å². The van der Waals surface area contributed by atoms with Crippen LogP contribution in [-0.2, 0) is 13.2 Å². The molecule has 0 saturated carbocycles. The van der Waals surface area contributed by atoms with Gasteiger partial charge in [-0.1, -0.05) is 29.0 Å². The molecule has 0 radical (unpaired) electrons. The number of halogens is 1. The highest BCUT2D eigenvalue weighted by molar-refractivity contribution is 6.31. The average Bonchev–Trinajstić information content (AvgIpc) is 3.49. The van der Waals surface area contributed by atoms with E-state index >= 15 is 0 Å². The topological polar surface area (TPSA) is 110 Å². The Balaban J connectivity index is 1.16. The van der Waals surface area contributed by atoms with E-state index in [4.69, 9.17) is 30.5 Å². The predicted molar refractivity (Wildman–Crippen MR) is 166 cm³/mol. The molecule has 11 heteroatoms. The van der Waals surface area contributed by atoms with Crippen molar-refractivity contribution in [2.45, 2.75) is 13.2 Å². The number of nitrogens with one attached hydrogen (secondary N) is 1. The lowest BCUT2D eigenvalue weighted by molar-refractivity contribution is 0.104. The first-order valence-corrected chi connectivity index (χ1v) is 13.8. The molecule has 3 aromatic carbocycles. The van der Waals surface area contributed by atoms with Crippen molar-refractivity contribution >= 4 is 40.1 Å². The molecule has 220 valence electrons. The zero-order valence-electron chi connectivity index (χ0n) is 23.9. The van der Waals surface area contributed by atoms with Gasteiger partial charge in [0.2, 0.25) is 0 Å². The lowest BCUT2D eigenvalue weighted by atomic mass is 10.1. The number of carbonyl (C=O) groups is 1. The lowest BCUT2D eigenvalue weighted by Crippen LogP contribution is -2.11. The maximum absolute atomic E-state index is 12.8. The third-order valence-electron chi connectivity index (χ3n) is 6.61. The highest BCUT2D eigenvalue weighted by atomic mass is 35.5. The van der Waals surface area contributed by atoms with E-state index in [-0.39, 0.29) is 12.4 Å². The number of hydrogen-bond acceptors (Lipinski definition) is 9. The molecule has 10 nitrogen and oxygen atoms in total. The minimum Gasteiger partial charge on any atom is -0.493 e. The number of fused-ring (bicyclic) bond motifs is 1. The molecule has 0 spiro atoms. The van der Waals surface area contributed by atoms with Crippen LogP contribution in [0.4, 0.5) is 5.69 Å². The van der Waals surface area contributed by atoms with Crippen LogP contribution < -0.4 is 24.3 Å². The Labute approximate surface area is 253 Å². The Hall–Kier alpha value is -5.09. The van der Waals surface area contributed by atoms with Crippen molar-refractivity contribution in [2.75, 3.05) is 33.2 Å². The molecule has 0 aliphatic rings. The Kier molecular flexibility index (Phi) is 9.38. The lowest BCUT2D eigenvalue weighted by Gasteiger charge is -2.10. The number of aromatic nitrogens is 4. The van der Waals surface area contributed by atoms with Crippen LogP contribution in [0.3, 0.4) is 0 Å². The molecule has 5 aromatic rings. The number of methoxy groups -OCH3 is 3. The van der Waals surface area contributed by atoms with Gasteiger partial charge in [0, 0.05) is 34.4 Å². The molecule has 1 N–H and O–H groups in total. The molecule has 0 bridgehead atoms. The summed E-state index contributed by atoms with van der Waals surface area (Å²) >= 11 is 6.09. The summed E-state index contributed by atoms with van der Waals surface area (Å²) in [6, 6.07) is 18.0. The van der Waals surface area contributed by atoms with Gasteiger partial charge in [0.25, 0.3) is 0 Å². The third-order valence-corrected chi connectivity index (χ3v) is 6.84. The van der Waals surface area contributed by atoms with Crippen LogP contribution in [0.25, 0.3) is 17.0 Å². The highest BCUT2D eigenvalue weighted by Gasteiger charge is 2.12. The molecule has 0 fully saturated rings. The molecule has 0 saturated heterocycles. The van der Waals surface area contributed by atoms with Gasteiger partial charge in [0.05, 0.1) is 39.6 Å². The number of ether oxygens (including phenoxy) is 4. The number of anilines is 1. The minimum atomic E-state index is -0.181. The van der Waals surface area contributed by atoms with Crippen LogP contribution in [0.2, 0.25) is 5.02 Å². The molecule has 2 heterocycles. The molecule has 5 rings (SSSR count). The summed E-state index contributed by atoms with van der Waals surface area (Å²) in [5.74, 6) is 1.95. The fraction of sp³-hybridized carbons (Fsp3) is 0.188. The fourth-order valence-corrected chi connectivity index (χ4v) is 4.58. The first kappa shape index (κ1) is 29.4. The Morgan fingerprint density at radius 3 is 2.53 bits per heavy atom. The number of hydrogen-bond donors (Lipinski definition) is 1. The largest absolute Gasteiger partial charge is 0.493 e. The van der Waals surface area contributed by atoms with Crippen molar-refractivity contribution in [2.24, 2.45) is 0 Å². The van der Waals surface area contributed by atoms with Gasteiger partial charge in [-0.05, 0) is 66.2 Å². The second-order valence-corrected chi connectivity index (χ2v) is 9.82. The molecule has 43 heavy (non-hydrogen) atoms. The second kappa shape index (κ2) is 13.7. The summed E-state index contributed by atoms with van der Waals surface area (Å²) in [6.45, 7) is 1.42. The monoisotopic (exact) mass is 599 g/mol. The zero-order chi connectivity index (χ0) is 30.2. The van der Waals surface area contributed by atoms with Gasteiger partial charge in [0.15, 0.2) is 28.8 Å². The van der Waals surface area contributed by atoms with Gasteiger partial charge in [-0.2, -0.15) is 0 Å². The van der Waals surface area contributed by atoms with Crippen molar-refractivity contribution in [3.05, 3.63) is 101 Å². The molecular weight excluding hydrogens is 570 g/mol. The van der Waals surface area contributed by atoms with Crippen molar-refractivity contribution in [3.63, 3.8) is 0 Å². The Bertz CT molecular complexity index is 1770. The van der Waals surface area contributed by atoms with E-state index in [0.717, 1.165) is 22.2 Å². The van der Waals surface area contributed by atoms with Crippen LogP contribution in [0.15, 0.2) is 79.1 Å². The quantitative estimate of drug-likeness (QED) is 0.127. The molecule has 0 unspecified atom stereocenters. The van der Waals surface area contributed by atoms with E-state index in [1.165, 1.54) is 13.2 Å². The standard InChI is InChI=1S/C32H30ClN5O5/c1-40-29-10-5-21(16-31(29)41-2)4-9-28(39)22-6-11-30(32(17-22)42-3)43-20-24-19-38(37-36-24)15-14-35-26-12-13-34-27-18-23(33)7-8-25(26)27/h4-13,16-19H,14-15,20H2,1-3H3,(H,34,35)/b9-4+. The normalized spacial score (nSPS) is 11.1. The number of rotatable bonds is 13. The SMILES string of the molecule is COc1ccc(/C=C/C(=O)c2ccc(OCc3cn(CCNc4ccnc5cc(Cl)ccc45)nn3)c(OC)c2)cc1OC. The number of ketones is 1. The van der Waals surface area contributed by atoms with Crippen LogP contribution in [0, 0.1) is 0 Å².